The van der Waals surface area contributed by atoms with Crippen molar-refractivity contribution in [2.75, 3.05) is 34.3 Å². The monoisotopic (exact) mass is 597 g/mol. The first kappa shape index (κ1) is 31.0. The normalized spacial score (nSPS) is 27.4. The van der Waals surface area contributed by atoms with Crippen LogP contribution >= 0.6 is 0 Å². The second-order valence-electron chi connectivity index (χ2n) is 14.1. The standard InChI is InChI=1S/C32H43N3O8/c1-31(2,3)14-35(12-15-7-8-15)13-17-11-20(36)22-18(27(17)43-6)9-16-10-19-24(34(4)5)26(38)23(30(33)41)29(40)32(19,42)28(39)21(16)25(22)37/h11,15-16,19,24,36,38-39,42H,7-10,12-14H2,1-6H3,(H2,33,41)/t16-,19-,24-,32-/m0/s1. The molecule has 4 atom stereocenters. The first-order valence-corrected chi connectivity index (χ1v) is 14.8. The molecular weight excluding hydrogens is 554 g/mol. The van der Waals surface area contributed by atoms with Gasteiger partial charge in [0.1, 0.15) is 28.6 Å². The quantitative estimate of drug-likeness (QED) is 0.280. The minimum Gasteiger partial charge on any atom is -0.510 e. The number of likely N-dealkylation sites (N-methyl/N-ethyl adjacent to an activating group) is 1. The van der Waals surface area contributed by atoms with Gasteiger partial charge in [-0.1, -0.05) is 20.8 Å². The molecule has 0 unspecified atom stereocenters. The lowest BCUT2D eigenvalue weighted by molar-refractivity contribution is -0.148. The number of primary amides is 1. The molecule has 4 aliphatic carbocycles. The number of aliphatic hydroxyl groups is 3. The largest absolute Gasteiger partial charge is 0.510 e. The number of Topliss-reactive ketones (excluding diaryl/α,β-unsaturated/α-hetero) is 2. The van der Waals surface area contributed by atoms with Gasteiger partial charge in [-0.05, 0) is 63.1 Å². The first-order valence-electron chi connectivity index (χ1n) is 14.8. The fourth-order valence-corrected chi connectivity index (χ4v) is 7.50. The Balaban J connectivity index is 1.61. The van der Waals surface area contributed by atoms with Gasteiger partial charge in [0.05, 0.1) is 18.7 Å². The summed E-state index contributed by atoms with van der Waals surface area (Å²) in [5.41, 5.74) is 2.95. The van der Waals surface area contributed by atoms with E-state index >= 15 is 0 Å². The molecule has 0 radical (unpaired) electrons. The SMILES string of the molecule is COc1c(CN(CC2CC2)CC(C)(C)C)cc(O)c2c1C[C@H]1C[C@H]3[C@H](N(C)C)C(O)=C(C(N)=O)C(=O)[C@@]3(O)C(O)=C1C2=O. The van der Waals surface area contributed by atoms with Gasteiger partial charge in [-0.15, -0.1) is 0 Å². The van der Waals surface area contributed by atoms with Gasteiger partial charge in [-0.3, -0.25) is 24.2 Å². The van der Waals surface area contributed by atoms with Crippen LogP contribution < -0.4 is 10.5 Å². The lowest BCUT2D eigenvalue weighted by atomic mass is 9.58. The van der Waals surface area contributed by atoms with Crippen molar-refractivity contribution in [1.82, 2.24) is 9.80 Å². The molecule has 1 aromatic carbocycles. The number of hydrogen-bond acceptors (Lipinski definition) is 10. The predicted molar refractivity (Wildman–Crippen MR) is 158 cm³/mol. The van der Waals surface area contributed by atoms with Crippen LogP contribution in [0.4, 0.5) is 0 Å². The molecule has 43 heavy (non-hydrogen) atoms. The zero-order valence-corrected chi connectivity index (χ0v) is 25.7. The van der Waals surface area contributed by atoms with E-state index < -0.39 is 58.0 Å². The molecule has 6 N–H and O–H groups in total. The van der Waals surface area contributed by atoms with Gasteiger partial charge in [0.15, 0.2) is 11.4 Å². The molecule has 1 aromatic rings. The number of phenols is 1. The van der Waals surface area contributed by atoms with Crippen LogP contribution in [0.1, 0.15) is 61.5 Å². The van der Waals surface area contributed by atoms with Crippen molar-refractivity contribution in [1.29, 1.82) is 0 Å². The average molecular weight is 598 g/mol. The zero-order valence-electron chi connectivity index (χ0n) is 25.7. The number of benzene rings is 1. The molecule has 0 aliphatic heterocycles. The number of carbonyl (C=O) groups is 3. The topological polar surface area (TPSA) is 174 Å². The maximum atomic E-state index is 14.0. The van der Waals surface area contributed by atoms with Gasteiger partial charge in [0.25, 0.3) is 5.91 Å². The van der Waals surface area contributed by atoms with Crippen molar-refractivity contribution in [3.05, 3.63) is 45.4 Å². The number of hydrogen-bond donors (Lipinski definition) is 5. The molecule has 5 rings (SSSR count). The molecule has 11 heteroatoms. The lowest BCUT2D eigenvalue weighted by Gasteiger charge is -2.50. The zero-order chi connectivity index (χ0) is 31.8. The summed E-state index contributed by atoms with van der Waals surface area (Å²) in [6.45, 7) is 8.79. The third kappa shape index (κ3) is 5.11. The van der Waals surface area contributed by atoms with Crippen molar-refractivity contribution < 1.29 is 39.5 Å². The van der Waals surface area contributed by atoms with Gasteiger partial charge >= 0.3 is 0 Å². The van der Waals surface area contributed by atoms with Crippen LogP contribution in [-0.2, 0) is 22.6 Å². The highest BCUT2D eigenvalue weighted by atomic mass is 16.5. The summed E-state index contributed by atoms with van der Waals surface area (Å²) in [4.78, 5) is 43.5. The number of rotatable bonds is 8. The Morgan fingerprint density at radius 1 is 1.16 bits per heavy atom. The van der Waals surface area contributed by atoms with Gasteiger partial charge in [-0.25, -0.2) is 0 Å². The minimum absolute atomic E-state index is 0.0255. The van der Waals surface area contributed by atoms with Gasteiger partial charge in [-0.2, -0.15) is 0 Å². The molecule has 1 amide bonds. The molecule has 11 nitrogen and oxygen atoms in total. The smallest absolute Gasteiger partial charge is 0.255 e. The van der Waals surface area contributed by atoms with Crippen LogP contribution in [0.2, 0.25) is 0 Å². The van der Waals surface area contributed by atoms with E-state index in [4.69, 9.17) is 10.5 Å². The van der Waals surface area contributed by atoms with Crippen molar-refractivity contribution >= 4 is 17.5 Å². The van der Waals surface area contributed by atoms with Crippen LogP contribution in [0.5, 0.6) is 11.5 Å². The van der Waals surface area contributed by atoms with Crippen LogP contribution in [0.15, 0.2) is 28.7 Å². The summed E-state index contributed by atoms with van der Waals surface area (Å²) in [6, 6.07) is 0.483. The Bertz CT molecular complexity index is 1450. The van der Waals surface area contributed by atoms with Crippen molar-refractivity contribution in [2.45, 2.75) is 64.6 Å². The van der Waals surface area contributed by atoms with E-state index in [1.807, 2.05) is 0 Å². The van der Waals surface area contributed by atoms with E-state index in [0.717, 1.165) is 18.7 Å². The number of nitrogens with zero attached hydrogens (tertiary/aromatic N) is 2. The predicted octanol–water partition coefficient (Wildman–Crippen LogP) is 2.39. The number of nitrogens with two attached hydrogens (primary N) is 1. The first-order chi connectivity index (χ1) is 20.0. The molecule has 0 bridgehead atoms. The van der Waals surface area contributed by atoms with Crippen LogP contribution in [-0.4, -0.2) is 93.6 Å². The second-order valence-corrected chi connectivity index (χ2v) is 14.1. The molecule has 1 saturated carbocycles. The van der Waals surface area contributed by atoms with Crippen LogP contribution in [0.25, 0.3) is 0 Å². The van der Waals surface area contributed by atoms with Gasteiger partial charge < -0.3 is 30.9 Å². The maximum absolute atomic E-state index is 14.0. The molecule has 0 heterocycles. The number of amides is 1. The number of carbonyl (C=O) groups excluding carboxylic acids is 3. The Morgan fingerprint density at radius 3 is 2.35 bits per heavy atom. The highest BCUT2D eigenvalue weighted by molar-refractivity contribution is 6.24. The van der Waals surface area contributed by atoms with E-state index in [2.05, 4.69) is 25.7 Å². The number of methoxy groups -OCH3 is 1. The third-order valence-corrected chi connectivity index (χ3v) is 9.26. The fourth-order valence-electron chi connectivity index (χ4n) is 7.50. The fraction of sp³-hybridized carbons (Fsp3) is 0.594. The third-order valence-electron chi connectivity index (χ3n) is 9.26. The number of ketones is 2. The lowest BCUT2D eigenvalue weighted by Crippen LogP contribution is -2.63. The summed E-state index contributed by atoms with van der Waals surface area (Å²) in [5, 5.41) is 45.5. The van der Waals surface area contributed by atoms with Crippen molar-refractivity contribution in [3.8, 4) is 11.5 Å². The summed E-state index contributed by atoms with van der Waals surface area (Å²) in [7, 11) is 4.73. The Kier molecular flexibility index (Phi) is 7.68. The summed E-state index contributed by atoms with van der Waals surface area (Å²) in [5.74, 6) is -5.60. The molecule has 1 fully saturated rings. The molecule has 0 saturated heterocycles. The van der Waals surface area contributed by atoms with E-state index in [1.54, 1.807) is 14.1 Å². The number of allylic oxidation sites excluding steroid dienone is 1. The van der Waals surface area contributed by atoms with E-state index in [9.17, 15) is 34.8 Å². The number of fused-ring (bicyclic) bond motifs is 3. The summed E-state index contributed by atoms with van der Waals surface area (Å²) in [6.07, 6.45) is 2.59. The summed E-state index contributed by atoms with van der Waals surface area (Å²) >= 11 is 0. The summed E-state index contributed by atoms with van der Waals surface area (Å²) < 4.78 is 5.89. The molecule has 0 spiro atoms. The number of aromatic hydroxyl groups is 1. The molecular formula is C32H43N3O8. The van der Waals surface area contributed by atoms with Gasteiger partial charge in [0, 0.05) is 42.3 Å². The molecule has 234 valence electrons. The minimum atomic E-state index is -2.67. The number of ether oxygens (including phenoxy) is 1. The number of phenolic OH excluding ortho intramolecular Hbond substituents is 1. The van der Waals surface area contributed by atoms with E-state index in [0.29, 0.717) is 23.8 Å². The average Bonchev–Trinajstić information content (AvgIpc) is 3.68. The van der Waals surface area contributed by atoms with E-state index in [-0.39, 0.29) is 35.1 Å². The second kappa shape index (κ2) is 10.6. The van der Waals surface area contributed by atoms with Crippen LogP contribution in [0.3, 0.4) is 0 Å². The highest BCUT2D eigenvalue weighted by Crippen LogP contribution is 2.53. The Morgan fingerprint density at radius 2 is 1.81 bits per heavy atom. The van der Waals surface area contributed by atoms with Crippen molar-refractivity contribution in [2.24, 2.45) is 28.9 Å². The van der Waals surface area contributed by atoms with E-state index in [1.165, 1.54) is 30.9 Å². The highest BCUT2D eigenvalue weighted by Gasteiger charge is 2.63. The molecule has 0 aromatic heterocycles. The maximum Gasteiger partial charge on any atom is 0.255 e. The van der Waals surface area contributed by atoms with Crippen LogP contribution in [0, 0.1) is 23.2 Å². The van der Waals surface area contributed by atoms with Gasteiger partial charge in [0.2, 0.25) is 5.78 Å². The molecule has 4 aliphatic rings. The van der Waals surface area contributed by atoms with Crippen molar-refractivity contribution in [3.63, 3.8) is 0 Å². The number of aliphatic hydroxyl groups excluding tert-OH is 2. The Labute approximate surface area is 251 Å². The Hall–Kier alpha value is -3.41.